The molecule has 2 aliphatic rings. The zero-order valence-electron chi connectivity index (χ0n) is 19.8. The number of allylic oxidation sites excluding steroid dienone is 1. The van der Waals surface area contributed by atoms with E-state index in [9.17, 15) is 18.4 Å². The van der Waals surface area contributed by atoms with E-state index in [2.05, 4.69) is 31.1 Å². The number of carbonyl (C=O) groups excluding carboxylic acids is 2. The Balaban J connectivity index is 1.50. The number of aliphatic imine (C=N–C) groups is 1. The van der Waals surface area contributed by atoms with Crippen molar-refractivity contribution in [3.05, 3.63) is 52.9 Å². The van der Waals surface area contributed by atoms with Gasteiger partial charge in [-0.05, 0) is 29.7 Å². The zero-order chi connectivity index (χ0) is 26.6. The fourth-order valence-corrected chi connectivity index (χ4v) is 5.12. The van der Waals surface area contributed by atoms with Crippen LogP contribution in [-0.2, 0) is 4.79 Å². The van der Waals surface area contributed by atoms with Crippen molar-refractivity contribution in [2.24, 2.45) is 4.99 Å². The standard InChI is InChI=1S/C24H22F2N8O3S/c25-24(26)37-17-8-13-9-19(23(36)34-6-4-28-5-7-34)38-18(13)10-14(17)20-16(12-31-33-20)32-22(35)15(11-27)21-29-2-1-3-30-21/h1-3,8-12,24,27-29H,4-7H2,(H,31,33)(H,32,35)/b21-15-,27-11?. The van der Waals surface area contributed by atoms with Gasteiger partial charge in [-0.3, -0.25) is 14.7 Å². The van der Waals surface area contributed by atoms with E-state index in [0.717, 1.165) is 6.21 Å². The summed E-state index contributed by atoms with van der Waals surface area (Å²) in [5.41, 5.74) is 0.468. The first kappa shape index (κ1) is 25.2. The summed E-state index contributed by atoms with van der Waals surface area (Å²) in [6, 6.07) is 4.69. The lowest BCUT2D eigenvalue weighted by Gasteiger charge is -2.26. The molecule has 2 aliphatic heterocycles. The number of H-pyrrole nitrogens is 1. The number of alkyl halides is 2. The van der Waals surface area contributed by atoms with Crippen molar-refractivity contribution in [1.82, 2.24) is 25.7 Å². The number of nitrogens with one attached hydrogen (secondary N) is 5. The topological polar surface area (TPSA) is 148 Å². The number of aromatic amines is 1. The summed E-state index contributed by atoms with van der Waals surface area (Å²) in [6.45, 7) is -0.535. The van der Waals surface area contributed by atoms with Gasteiger partial charge in [0.25, 0.3) is 11.8 Å². The largest absolute Gasteiger partial charge is 0.434 e. The number of hydrogen-bond donors (Lipinski definition) is 5. The lowest BCUT2D eigenvalue weighted by Crippen LogP contribution is -2.46. The van der Waals surface area contributed by atoms with Crippen molar-refractivity contribution in [1.29, 1.82) is 5.41 Å². The molecule has 5 rings (SSSR count). The van der Waals surface area contributed by atoms with Crippen molar-refractivity contribution in [3.63, 3.8) is 0 Å². The minimum atomic E-state index is -3.11. The van der Waals surface area contributed by atoms with Crippen molar-refractivity contribution in [2.45, 2.75) is 6.61 Å². The van der Waals surface area contributed by atoms with Crippen LogP contribution < -0.4 is 20.7 Å². The predicted octanol–water partition coefficient (Wildman–Crippen LogP) is 2.93. The molecule has 1 aromatic carbocycles. The first-order chi connectivity index (χ1) is 18.4. The molecule has 3 aromatic rings. The molecular weight excluding hydrogens is 518 g/mol. The molecule has 0 atom stereocenters. The third-order valence-corrected chi connectivity index (χ3v) is 6.93. The number of nitrogens with zero attached hydrogens (tertiary/aromatic N) is 3. The van der Waals surface area contributed by atoms with E-state index in [1.54, 1.807) is 29.3 Å². The second-order valence-electron chi connectivity index (χ2n) is 8.21. The summed E-state index contributed by atoms with van der Waals surface area (Å²) in [6.07, 6.45) is 6.91. The normalized spacial score (nSPS) is 16.4. The second kappa shape index (κ2) is 10.9. The molecule has 0 radical (unpaired) electrons. The molecule has 38 heavy (non-hydrogen) atoms. The lowest BCUT2D eigenvalue weighted by atomic mass is 10.1. The smallest absolute Gasteiger partial charge is 0.387 e. The van der Waals surface area contributed by atoms with Gasteiger partial charge in [0.15, 0.2) is 0 Å². The van der Waals surface area contributed by atoms with Gasteiger partial charge in [0, 0.05) is 61.3 Å². The molecule has 1 saturated heterocycles. The van der Waals surface area contributed by atoms with Gasteiger partial charge in [0.1, 0.15) is 17.3 Å². The van der Waals surface area contributed by atoms with Crippen molar-refractivity contribution >= 4 is 51.4 Å². The van der Waals surface area contributed by atoms with E-state index in [4.69, 9.17) is 10.1 Å². The highest BCUT2D eigenvalue weighted by molar-refractivity contribution is 7.20. The molecule has 5 N–H and O–H groups in total. The summed E-state index contributed by atoms with van der Waals surface area (Å²) in [7, 11) is 0. The number of thiophene rings is 1. The van der Waals surface area contributed by atoms with Crippen molar-refractivity contribution < 1.29 is 23.1 Å². The second-order valence-corrected chi connectivity index (χ2v) is 9.29. The van der Waals surface area contributed by atoms with E-state index in [1.165, 1.54) is 29.8 Å². The van der Waals surface area contributed by atoms with E-state index < -0.39 is 12.5 Å². The number of piperazine rings is 1. The fraction of sp³-hybridized carbons (Fsp3) is 0.208. The van der Waals surface area contributed by atoms with Crippen LogP contribution in [-0.4, -0.2) is 72.1 Å². The number of halogens is 2. The fourth-order valence-electron chi connectivity index (χ4n) is 4.07. The van der Waals surface area contributed by atoms with Crippen LogP contribution in [0.2, 0.25) is 0 Å². The highest BCUT2D eigenvalue weighted by Gasteiger charge is 2.24. The van der Waals surface area contributed by atoms with Gasteiger partial charge >= 0.3 is 6.61 Å². The van der Waals surface area contributed by atoms with Crippen LogP contribution in [0.25, 0.3) is 21.3 Å². The Morgan fingerprint density at radius 1 is 1.24 bits per heavy atom. The number of ether oxygens (including phenoxy) is 1. The van der Waals surface area contributed by atoms with Crippen molar-refractivity contribution in [2.75, 3.05) is 31.5 Å². The average molecular weight is 541 g/mol. The number of rotatable bonds is 7. The van der Waals surface area contributed by atoms with Crippen LogP contribution in [0.1, 0.15) is 9.67 Å². The highest BCUT2D eigenvalue weighted by Crippen LogP contribution is 2.40. The molecule has 0 bridgehead atoms. The number of aromatic nitrogens is 2. The molecular formula is C24H22F2N8O3S. The molecule has 0 saturated carbocycles. The van der Waals surface area contributed by atoms with Crippen LogP contribution in [0.4, 0.5) is 14.5 Å². The van der Waals surface area contributed by atoms with Gasteiger partial charge in [0.05, 0.1) is 16.1 Å². The molecule has 196 valence electrons. The summed E-state index contributed by atoms with van der Waals surface area (Å²) in [4.78, 5) is 32.2. The zero-order valence-corrected chi connectivity index (χ0v) is 20.6. The maximum atomic E-state index is 13.3. The number of hydrogen-bond acceptors (Lipinski definition) is 9. The van der Waals surface area contributed by atoms with Crippen LogP contribution >= 0.6 is 11.3 Å². The number of benzene rings is 1. The third kappa shape index (κ3) is 5.17. The first-order valence-corrected chi connectivity index (χ1v) is 12.3. The molecule has 0 spiro atoms. The van der Waals surface area contributed by atoms with E-state index >= 15 is 0 Å². The highest BCUT2D eigenvalue weighted by atomic mass is 32.1. The average Bonchev–Trinajstić information content (AvgIpc) is 3.55. The summed E-state index contributed by atoms with van der Waals surface area (Å²) in [5.74, 6) is -0.772. The van der Waals surface area contributed by atoms with Gasteiger partial charge in [0.2, 0.25) is 0 Å². The number of fused-ring (bicyclic) bond motifs is 1. The Labute approximate surface area is 218 Å². The molecule has 2 amide bonds. The molecule has 2 aromatic heterocycles. The van der Waals surface area contributed by atoms with Crippen LogP contribution in [0.5, 0.6) is 5.75 Å². The number of amides is 2. The Morgan fingerprint density at radius 3 is 2.76 bits per heavy atom. The van der Waals surface area contributed by atoms with Gasteiger partial charge in [-0.25, -0.2) is 4.99 Å². The number of carbonyl (C=O) groups is 2. The SMILES string of the molecule is N=C/C(C(=O)Nc1c[nH]nc1-c1cc2sc(C(=O)N3CCNCC3)cc2cc1OC(F)F)=C1/N=CC=CN1. The Morgan fingerprint density at radius 2 is 2.05 bits per heavy atom. The van der Waals surface area contributed by atoms with E-state index in [0.29, 0.717) is 41.1 Å². The van der Waals surface area contributed by atoms with Gasteiger partial charge < -0.3 is 31.0 Å². The van der Waals surface area contributed by atoms with Gasteiger partial charge in [-0.2, -0.15) is 13.9 Å². The maximum Gasteiger partial charge on any atom is 0.387 e. The Bertz CT molecular complexity index is 1490. The molecule has 0 aliphatic carbocycles. The van der Waals surface area contributed by atoms with Gasteiger partial charge in [-0.1, -0.05) is 0 Å². The monoisotopic (exact) mass is 540 g/mol. The quantitative estimate of drug-likeness (QED) is 0.230. The Hall–Kier alpha value is -4.43. The van der Waals surface area contributed by atoms with Gasteiger partial charge in [-0.15, -0.1) is 11.3 Å². The summed E-state index contributed by atoms with van der Waals surface area (Å²) in [5, 5.41) is 23.6. The molecule has 1 fully saturated rings. The van der Waals surface area contributed by atoms with Crippen LogP contribution in [0, 0.1) is 5.41 Å². The number of anilines is 1. The molecule has 0 unspecified atom stereocenters. The minimum Gasteiger partial charge on any atom is -0.434 e. The molecule has 4 heterocycles. The first-order valence-electron chi connectivity index (χ1n) is 11.5. The lowest BCUT2D eigenvalue weighted by molar-refractivity contribution is -0.112. The van der Waals surface area contributed by atoms with Crippen LogP contribution in [0.15, 0.2) is 53.1 Å². The Kier molecular flexibility index (Phi) is 7.24. The molecule has 11 nitrogen and oxygen atoms in total. The third-order valence-electron chi connectivity index (χ3n) is 5.84. The minimum absolute atomic E-state index is 0.0495. The molecule has 14 heteroatoms. The predicted molar refractivity (Wildman–Crippen MR) is 140 cm³/mol. The van der Waals surface area contributed by atoms with Crippen molar-refractivity contribution in [3.8, 4) is 17.0 Å². The van der Waals surface area contributed by atoms with E-state index in [-0.39, 0.29) is 40.0 Å². The maximum absolute atomic E-state index is 13.3. The summed E-state index contributed by atoms with van der Waals surface area (Å²) >= 11 is 1.24. The van der Waals surface area contributed by atoms with E-state index in [1.807, 2.05) is 0 Å². The van der Waals surface area contributed by atoms with Crippen LogP contribution in [0.3, 0.4) is 0 Å². The summed E-state index contributed by atoms with van der Waals surface area (Å²) < 4.78 is 32.2.